The molecule has 1 atom stereocenters. The highest BCUT2D eigenvalue weighted by Crippen LogP contribution is 2.15. The zero-order valence-corrected chi connectivity index (χ0v) is 14.2. The second-order valence-electron chi connectivity index (χ2n) is 6.15. The molecule has 1 aliphatic heterocycles. The molecule has 2 rings (SSSR count). The van der Waals surface area contributed by atoms with Gasteiger partial charge in [-0.05, 0) is 37.8 Å². The van der Waals surface area contributed by atoms with Crippen LogP contribution < -0.4 is 4.72 Å². The fourth-order valence-electron chi connectivity index (χ4n) is 2.91. The van der Waals surface area contributed by atoms with Crippen molar-refractivity contribution in [3.8, 4) is 0 Å². The van der Waals surface area contributed by atoms with Gasteiger partial charge in [0.25, 0.3) is 0 Å². The first kappa shape index (κ1) is 17.0. The molecular weight excluding hydrogens is 300 g/mol. The molecule has 122 valence electrons. The van der Waals surface area contributed by atoms with Gasteiger partial charge in [-0.3, -0.25) is 4.79 Å². The van der Waals surface area contributed by atoms with Crippen LogP contribution in [0.5, 0.6) is 0 Å². The Bertz CT molecular complexity index is 655. The molecule has 0 aromatic heterocycles. The van der Waals surface area contributed by atoms with Crippen LogP contribution in [0.2, 0.25) is 0 Å². The molecule has 1 unspecified atom stereocenters. The molecule has 1 fully saturated rings. The molecule has 0 bridgehead atoms. The summed E-state index contributed by atoms with van der Waals surface area (Å²) in [5.41, 5.74) is 3.64. The first-order chi connectivity index (χ1) is 10.2. The van der Waals surface area contributed by atoms with Gasteiger partial charge < -0.3 is 4.90 Å². The summed E-state index contributed by atoms with van der Waals surface area (Å²) in [6.45, 7) is 5.22. The molecule has 1 saturated heterocycles. The Kier molecular flexibility index (Phi) is 5.24. The Labute approximate surface area is 132 Å². The third-order valence-corrected chi connectivity index (χ3v) is 4.79. The highest BCUT2D eigenvalue weighted by molar-refractivity contribution is 7.88. The Morgan fingerprint density at radius 2 is 2.09 bits per heavy atom. The van der Waals surface area contributed by atoms with Crippen LogP contribution in [0.1, 0.15) is 29.5 Å². The summed E-state index contributed by atoms with van der Waals surface area (Å²) in [5, 5.41) is 0. The summed E-state index contributed by atoms with van der Waals surface area (Å²) >= 11 is 0. The first-order valence-corrected chi connectivity index (χ1v) is 9.45. The van der Waals surface area contributed by atoms with E-state index in [1.807, 2.05) is 0 Å². The molecule has 6 heteroatoms. The molecule has 1 aromatic rings. The molecule has 1 heterocycles. The van der Waals surface area contributed by atoms with E-state index in [2.05, 4.69) is 36.8 Å². The molecule has 5 nitrogen and oxygen atoms in total. The number of nitrogens with one attached hydrogen (secondary N) is 1. The summed E-state index contributed by atoms with van der Waals surface area (Å²) in [4.78, 5) is 14.0. The highest BCUT2D eigenvalue weighted by atomic mass is 32.2. The maximum Gasteiger partial charge on any atom is 0.222 e. The lowest BCUT2D eigenvalue weighted by Gasteiger charge is -2.17. The number of hydrogen-bond acceptors (Lipinski definition) is 3. The molecule has 1 aromatic carbocycles. The third kappa shape index (κ3) is 4.81. The van der Waals surface area contributed by atoms with Crippen molar-refractivity contribution in [2.75, 3.05) is 19.3 Å². The number of aryl methyl sites for hydroxylation is 3. The lowest BCUT2D eigenvalue weighted by Crippen LogP contribution is -2.37. The smallest absolute Gasteiger partial charge is 0.222 e. The monoisotopic (exact) mass is 324 g/mol. The second kappa shape index (κ2) is 6.79. The van der Waals surface area contributed by atoms with E-state index in [4.69, 9.17) is 0 Å². The van der Waals surface area contributed by atoms with Gasteiger partial charge in [0.05, 0.1) is 6.26 Å². The lowest BCUT2D eigenvalue weighted by molar-refractivity contribution is -0.130. The van der Waals surface area contributed by atoms with Gasteiger partial charge in [0.1, 0.15) is 0 Å². The average Bonchev–Trinajstić information content (AvgIpc) is 2.83. The van der Waals surface area contributed by atoms with Crippen molar-refractivity contribution in [2.24, 2.45) is 0 Å². The van der Waals surface area contributed by atoms with Crippen LogP contribution in [0.25, 0.3) is 0 Å². The van der Waals surface area contributed by atoms with Gasteiger partial charge in [0.2, 0.25) is 15.9 Å². The molecule has 1 N–H and O–H groups in total. The molecule has 0 aliphatic carbocycles. The van der Waals surface area contributed by atoms with Gasteiger partial charge in [0, 0.05) is 25.6 Å². The van der Waals surface area contributed by atoms with E-state index in [1.165, 1.54) is 16.7 Å². The summed E-state index contributed by atoms with van der Waals surface area (Å²) < 4.78 is 25.0. The van der Waals surface area contributed by atoms with Gasteiger partial charge in [0.15, 0.2) is 0 Å². The summed E-state index contributed by atoms with van der Waals surface area (Å²) in [7, 11) is -3.21. The number of amides is 1. The van der Waals surface area contributed by atoms with Crippen molar-refractivity contribution in [3.05, 3.63) is 34.9 Å². The molecular formula is C16H24N2O3S. The van der Waals surface area contributed by atoms with Gasteiger partial charge in [-0.1, -0.05) is 23.8 Å². The van der Waals surface area contributed by atoms with Crippen molar-refractivity contribution < 1.29 is 13.2 Å². The number of rotatable bonds is 5. The maximum atomic E-state index is 12.3. The number of sulfonamides is 1. The van der Waals surface area contributed by atoms with Crippen LogP contribution in [-0.4, -0.2) is 44.6 Å². The van der Waals surface area contributed by atoms with Crippen LogP contribution >= 0.6 is 0 Å². The van der Waals surface area contributed by atoms with Crippen molar-refractivity contribution >= 4 is 15.9 Å². The van der Waals surface area contributed by atoms with Gasteiger partial charge in [-0.15, -0.1) is 0 Å². The van der Waals surface area contributed by atoms with E-state index in [9.17, 15) is 13.2 Å². The summed E-state index contributed by atoms with van der Waals surface area (Å²) in [6.07, 6.45) is 3.03. The Morgan fingerprint density at radius 1 is 1.36 bits per heavy atom. The molecule has 0 spiro atoms. The van der Waals surface area contributed by atoms with Crippen LogP contribution in [0.3, 0.4) is 0 Å². The zero-order valence-electron chi connectivity index (χ0n) is 13.4. The predicted molar refractivity (Wildman–Crippen MR) is 87.2 cm³/mol. The van der Waals surface area contributed by atoms with E-state index >= 15 is 0 Å². The third-order valence-electron chi connectivity index (χ3n) is 4.03. The minimum absolute atomic E-state index is 0.0952. The molecule has 0 saturated carbocycles. The molecule has 0 radical (unpaired) electrons. The average molecular weight is 324 g/mol. The van der Waals surface area contributed by atoms with Crippen LogP contribution in [0.4, 0.5) is 0 Å². The number of carbonyl (C=O) groups is 1. The lowest BCUT2D eigenvalue weighted by atomic mass is 10.0. The largest absolute Gasteiger partial charge is 0.341 e. The topological polar surface area (TPSA) is 66.5 Å². The normalized spacial score (nSPS) is 18.7. The Morgan fingerprint density at radius 3 is 2.73 bits per heavy atom. The van der Waals surface area contributed by atoms with Gasteiger partial charge in [-0.2, -0.15) is 0 Å². The SMILES string of the molecule is Cc1ccc(CCC(=O)N2CCC(NS(C)(=O)=O)C2)c(C)c1. The summed E-state index contributed by atoms with van der Waals surface area (Å²) in [6, 6.07) is 6.12. The standard InChI is InChI=1S/C16H24N2O3S/c1-12-4-5-14(13(2)10-12)6-7-16(19)18-9-8-15(11-18)17-22(3,20)21/h4-5,10,15,17H,6-9,11H2,1-3H3. The van der Waals surface area contributed by atoms with Crippen molar-refractivity contribution in [3.63, 3.8) is 0 Å². The Hall–Kier alpha value is -1.40. The minimum atomic E-state index is -3.21. The van der Waals surface area contributed by atoms with Crippen LogP contribution in [-0.2, 0) is 21.2 Å². The zero-order chi connectivity index (χ0) is 16.3. The van der Waals surface area contributed by atoms with Crippen molar-refractivity contribution in [1.82, 2.24) is 9.62 Å². The van der Waals surface area contributed by atoms with Crippen LogP contribution in [0, 0.1) is 13.8 Å². The number of benzene rings is 1. The van der Waals surface area contributed by atoms with Crippen molar-refractivity contribution in [2.45, 2.75) is 39.2 Å². The first-order valence-electron chi connectivity index (χ1n) is 7.56. The van der Waals surface area contributed by atoms with E-state index in [0.29, 0.717) is 25.9 Å². The highest BCUT2D eigenvalue weighted by Gasteiger charge is 2.27. The fourth-order valence-corrected chi connectivity index (χ4v) is 3.71. The van der Waals surface area contributed by atoms with Gasteiger partial charge >= 0.3 is 0 Å². The molecule has 1 aliphatic rings. The van der Waals surface area contributed by atoms with Gasteiger partial charge in [-0.25, -0.2) is 13.1 Å². The summed E-state index contributed by atoms with van der Waals surface area (Å²) in [5.74, 6) is 0.0952. The minimum Gasteiger partial charge on any atom is -0.341 e. The predicted octanol–water partition coefficient (Wildman–Crippen LogP) is 1.39. The maximum absolute atomic E-state index is 12.3. The molecule has 22 heavy (non-hydrogen) atoms. The fraction of sp³-hybridized carbons (Fsp3) is 0.562. The number of carbonyl (C=O) groups excluding carboxylic acids is 1. The Balaban J connectivity index is 1.86. The van der Waals surface area contributed by atoms with E-state index in [-0.39, 0.29) is 11.9 Å². The van der Waals surface area contributed by atoms with E-state index < -0.39 is 10.0 Å². The van der Waals surface area contributed by atoms with E-state index in [0.717, 1.165) is 12.7 Å². The number of nitrogens with zero attached hydrogens (tertiary/aromatic N) is 1. The second-order valence-corrected chi connectivity index (χ2v) is 7.93. The van der Waals surface area contributed by atoms with E-state index in [1.54, 1.807) is 4.90 Å². The quantitative estimate of drug-likeness (QED) is 0.890. The van der Waals surface area contributed by atoms with Crippen molar-refractivity contribution in [1.29, 1.82) is 0 Å². The number of likely N-dealkylation sites (tertiary alicyclic amines) is 1. The number of hydrogen-bond donors (Lipinski definition) is 1. The molecule has 1 amide bonds. The van der Waals surface area contributed by atoms with Crippen LogP contribution in [0.15, 0.2) is 18.2 Å².